The summed E-state index contributed by atoms with van der Waals surface area (Å²) < 4.78 is 3.73. The molecule has 4 heterocycles. The van der Waals surface area contributed by atoms with Crippen molar-refractivity contribution in [3.63, 3.8) is 0 Å². The molecule has 0 saturated carbocycles. The molecule has 3 aromatic heterocycles. The number of unbranched alkanes of at least 4 members (excludes halogenated alkanes) is 1. The second-order valence-electron chi connectivity index (χ2n) is 14.7. The number of hydrogen-bond donors (Lipinski definition) is 8. The average molecular weight is 895 g/mol. The Balaban J connectivity index is 1.31. The number of carboxylic acid groups (broad SMARTS) is 1. The number of amides is 7. The molecule has 7 amide bonds. The lowest BCUT2D eigenvalue weighted by Gasteiger charge is -2.32. The van der Waals surface area contributed by atoms with Crippen molar-refractivity contribution in [2.75, 3.05) is 24.6 Å². The summed E-state index contributed by atoms with van der Waals surface area (Å²) in [6, 6.07) is 4.94. The Labute approximate surface area is 364 Å². The highest BCUT2D eigenvalue weighted by molar-refractivity contribution is 8.76. The fourth-order valence-electron chi connectivity index (χ4n) is 6.85. The maximum absolute atomic E-state index is 14.1. The smallest absolute Gasteiger partial charge is 0.307 e. The van der Waals surface area contributed by atoms with E-state index in [0.29, 0.717) is 25.8 Å². The van der Waals surface area contributed by atoms with Crippen molar-refractivity contribution < 1.29 is 48.0 Å². The van der Waals surface area contributed by atoms with Gasteiger partial charge in [-0.2, -0.15) is 0 Å². The number of aliphatic carboxylic acids is 1. The number of rotatable bonds is 11. The molecule has 20 nitrogen and oxygen atoms in total. The number of carbonyl (C=O) groups is 8. The third-order valence-electron chi connectivity index (χ3n) is 10.2. The molecule has 1 aliphatic rings. The molecule has 1 aliphatic heterocycles. The lowest BCUT2D eigenvalue weighted by atomic mass is 10.1. The first kappa shape index (κ1) is 46.9. The van der Waals surface area contributed by atoms with E-state index in [1.165, 1.54) is 40.3 Å². The van der Waals surface area contributed by atoms with Gasteiger partial charge in [-0.15, -0.1) is 4.52 Å². The van der Waals surface area contributed by atoms with Gasteiger partial charge in [0.05, 0.1) is 25.7 Å². The van der Waals surface area contributed by atoms with Gasteiger partial charge in [-0.3, -0.25) is 38.4 Å². The molecule has 9 N–H and O–H groups in total. The summed E-state index contributed by atoms with van der Waals surface area (Å²) in [6.07, 6.45) is 7.96. The Morgan fingerprint density at radius 1 is 0.919 bits per heavy atom. The van der Waals surface area contributed by atoms with Crippen molar-refractivity contribution >= 4 is 85.5 Å². The zero-order valence-corrected chi connectivity index (χ0v) is 36.0. The van der Waals surface area contributed by atoms with Crippen LogP contribution in [0.25, 0.3) is 16.6 Å². The first-order chi connectivity index (χ1) is 29.7. The Morgan fingerprint density at radius 3 is 2.47 bits per heavy atom. The minimum absolute atomic E-state index is 0.000550. The summed E-state index contributed by atoms with van der Waals surface area (Å²) in [6.45, 7) is 2.78. The number of imidazole rings is 1. The highest BCUT2D eigenvalue weighted by atomic mass is 33.1. The molecular formula is C40H52N11O9S2+. The van der Waals surface area contributed by atoms with Crippen LogP contribution in [0.4, 0.5) is 0 Å². The minimum Gasteiger partial charge on any atom is -0.481 e. The van der Waals surface area contributed by atoms with E-state index < -0.39 is 90.5 Å². The van der Waals surface area contributed by atoms with Crippen LogP contribution in [0, 0.1) is 0 Å². The summed E-state index contributed by atoms with van der Waals surface area (Å²) >= 11 is 0. The van der Waals surface area contributed by atoms with E-state index in [4.69, 9.17) is 5.73 Å². The average Bonchev–Trinajstić information content (AvgIpc) is 3.86. The van der Waals surface area contributed by atoms with Crippen molar-refractivity contribution in [2.45, 2.75) is 89.1 Å². The van der Waals surface area contributed by atoms with Crippen molar-refractivity contribution in [1.82, 2.24) is 46.1 Å². The van der Waals surface area contributed by atoms with Crippen molar-refractivity contribution in [1.29, 1.82) is 0 Å². The first-order valence-electron chi connectivity index (χ1n) is 20.1. The molecule has 5 rings (SSSR count). The summed E-state index contributed by atoms with van der Waals surface area (Å²) in [5.74, 6) is -6.34. The van der Waals surface area contributed by atoms with Gasteiger partial charge in [0.25, 0.3) is 0 Å². The van der Waals surface area contributed by atoms with Crippen LogP contribution < -0.4 is 36.9 Å². The van der Waals surface area contributed by atoms with Crippen LogP contribution in [0.2, 0.25) is 0 Å². The number of H-pyrrole nitrogens is 1. The second kappa shape index (κ2) is 22.6. The van der Waals surface area contributed by atoms with E-state index in [1.807, 2.05) is 53.4 Å². The highest BCUT2D eigenvalue weighted by Gasteiger charge is 2.34. The predicted molar refractivity (Wildman–Crippen MR) is 230 cm³/mol. The lowest BCUT2D eigenvalue weighted by Crippen LogP contribution is -2.59. The Hall–Kier alpha value is -6.16. The number of aromatic amines is 1. The number of hydrogen-bond acceptors (Lipinski definition) is 11. The van der Waals surface area contributed by atoms with Crippen molar-refractivity contribution in [2.24, 2.45) is 5.73 Å². The third-order valence-corrected chi connectivity index (χ3v) is 12.6. The number of aromatic nitrogens is 4. The second-order valence-corrected chi connectivity index (χ2v) is 17.4. The van der Waals surface area contributed by atoms with Gasteiger partial charge in [-0.25, -0.2) is 4.57 Å². The van der Waals surface area contributed by atoms with Crippen molar-refractivity contribution in [3.05, 3.63) is 66.7 Å². The van der Waals surface area contributed by atoms with E-state index in [1.54, 1.807) is 16.9 Å². The molecule has 1 fully saturated rings. The summed E-state index contributed by atoms with van der Waals surface area (Å²) in [5, 5.41) is 27.4. The van der Waals surface area contributed by atoms with Crippen LogP contribution in [0.15, 0.2) is 61.2 Å². The number of primary amides is 1. The molecule has 0 aliphatic carbocycles. The fourth-order valence-corrected chi connectivity index (χ4v) is 9.02. The van der Waals surface area contributed by atoms with Crippen LogP contribution in [-0.4, -0.2) is 127 Å². The number of nitrogens with zero attached hydrogens (tertiary/aromatic N) is 4. The monoisotopic (exact) mass is 894 g/mol. The van der Waals surface area contributed by atoms with Gasteiger partial charge in [-0.1, -0.05) is 44.9 Å². The lowest BCUT2D eigenvalue weighted by molar-refractivity contribution is -0.671. The third kappa shape index (κ3) is 13.2. The van der Waals surface area contributed by atoms with Gasteiger partial charge in [0.1, 0.15) is 36.4 Å². The van der Waals surface area contributed by atoms with Crippen molar-refractivity contribution in [3.8, 4) is 0 Å². The van der Waals surface area contributed by atoms with Gasteiger partial charge >= 0.3 is 11.6 Å². The molecule has 4 aromatic rings. The zero-order chi connectivity index (χ0) is 44.8. The molecule has 0 bridgehead atoms. The molecule has 0 spiro atoms. The Kier molecular flexibility index (Phi) is 17.1. The van der Waals surface area contributed by atoms with Crippen LogP contribution in [0.3, 0.4) is 0 Å². The molecule has 5 atom stereocenters. The van der Waals surface area contributed by atoms with E-state index in [0.717, 1.165) is 22.1 Å². The number of fused-ring (bicyclic) bond motifs is 2. The molecule has 22 heteroatoms. The molecule has 332 valence electrons. The quantitative estimate of drug-likeness (QED) is 0.0541. The maximum atomic E-state index is 14.1. The zero-order valence-electron chi connectivity index (χ0n) is 34.3. The number of carbonyl (C=O) groups excluding carboxylic acids is 7. The fraction of sp³-hybridized carbons (Fsp3) is 0.450. The van der Waals surface area contributed by atoms with E-state index >= 15 is 0 Å². The normalized spacial score (nSPS) is 22.0. The number of para-hydroxylation sites is 1. The maximum Gasteiger partial charge on any atom is 0.307 e. The molecule has 1 saturated heterocycles. The summed E-state index contributed by atoms with van der Waals surface area (Å²) in [7, 11) is 2.46. The molecule has 0 radical (unpaired) electrons. The topological polar surface area (TPSA) is 283 Å². The largest absolute Gasteiger partial charge is 0.481 e. The standard InChI is InChI=1S/C40H51N11O9S2/c1-24-40(60)50(16-12-26-21-42-28-9-4-3-8-27(26)28)25(2)37(57)48-31(36(41)56)23-62-61-19-13-32(52)46-29(10-5-6-15-49-17-18-51-34(49)11-7-14-44-51)38(58)43-22-33(53)47-30(20-35(54)55)39(59)45-24/h3-4,7-9,11,14,17-18,21,24-25,29-31,42H,5-6,10,12-13,15-16,19-20,22-23H2,1-2H3,(H7-,41,43,45,46,47,48,52,53,54,55,56,57,58,59)/p+1/t24-,25-,29-,30-,31?/m0/s1. The van der Waals surface area contributed by atoms with Gasteiger partial charge in [-0.05, 0) is 57.2 Å². The number of nitrogens with two attached hydrogens (primary N) is 1. The molecule has 1 unspecified atom stereocenters. The number of benzene rings is 1. The SMILES string of the molecule is C[C@@H]1NC(=O)[C@H](CC(=O)O)NC(=O)CNC(=O)[C@H](CCCC[n+]2ccn3ncccc32)NC(=O)CCSSCC(C(N)=O)NC(=O)[C@H](C)N(CCc2c[nH]c3ccccc23)C1=O. The highest BCUT2D eigenvalue weighted by Crippen LogP contribution is 2.23. The Morgan fingerprint density at radius 2 is 1.69 bits per heavy atom. The number of nitrogens with one attached hydrogen (secondary N) is 6. The van der Waals surface area contributed by atoms with E-state index in [9.17, 15) is 43.5 Å². The minimum atomic E-state index is -1.66. The van der Waals surface area contributed by atoms with Gasteiger partial charge in [0, 0.05) is 47.6 Å². The predicted octanol–water partition coefficient (Wildman–Crippen LogP) is -0.446. The van der Waals surface area contributed by atoms with Gasteiger partial charge < -0.3 is 47.3 Å². The van der Waals surface area contributed by atoms with Crippen LogP contribution in [0.1, 0.15) is 51.5 Å². The van der Waals surface area contributed by atoms with Gasteiger partial charge in [0.15, 0.2) is 6.20 Å². The summed E-state index contributed by atoms with van der Waals surface area (Å²) in [4.78, 5) is 110. The molecule has 1 aromatic carbocycles. The van der Waals surface area contributed by atoms with Gasteiger partial charge in [0.2, 0.25) is 41.4 Å². The van der Waals surface area contributed by atoms with Crippen LogP contribution in [0.5, 0.6) is 0 Å². The molecule has 62 heavy (non-hydrogen) atoms. The first-order valence-corrected chi connectivity index (χ1v) is 22.6. The number of aryl methyl sites for hydroxylation is 1. The Bertz CT molecular complexity index is 2270. The van der Waals surface area contributed by atoms with Crippen LogP contribution in [-0.2, 0) is 51.3 Å². The van der Waals surface area contributed by atoms with E-state index in [2.05, 4.69) is 36.7 Å². The molecular weight excluding hydrogens is 843 g/mol. The van der Waals surface area contributed by atoms with Crippen LogP contribution >= 0.6 is 21.6 Å². The number of carboxylic acids is 1. The van der Waals surface area contributed by atoms with E-state index in [-0.39, 0.29) is 30.9 Å². The summed E-state index contributed by atoms with van der Waals surface area (Å²) in [5.41, 5.74) is 8.26.